The van der Waals surface area contributed by atoms with Gasteiger partial charge in [0, 0.05) is 43.0 Å². The molecule has 1 aromatic carbocycles. The van der Waals surface area contributed by atoms with E-state index in [1.165, 1.54) is 0 Å². The van der Waals surface area contributed by atoms with Gasteiger partial charge in [-0.15, -0.1) is 0 Å². The van der Waals surface area contributed by atoms with Gasteiger partial charge in [0.05, 0.1) is 11.1 Å². The SMILES string of the molecule is O=C(c1n[nH]c(=O)c2ccccc12)N1CCCC(c2cnccn2)C1. The number of fused-ring (bicyclic) bond motifs is 1. The second kappa shape index (κ2) is 6.43. The monoisotopic (exact) mass is 335 g/mol. The van der Waals surface area contributed by atoms with Gasteiger partial charge in [0.2, 0.25) is 0 Å². The molecule has 2 aromatic heterocycles. The number of rotatable bonds is 2. The van der Waals surface area contributed by atoms with Crippen LogP contribution >= 0.6 is 0 Å². The van der Waals surface area contributed by atoms with E-state index in [4.69, 9.17) is 0 Å². The minimum Gasteiger partial charge on any atom is -0.337 e. The number of amides is 1. The van der Waals surface area contributed by atoms with Crippen LogP contribution in [0.2, 0.25) is 0 Å². The summed E-state index contributed by atoms with van der Waals surface area (Å²) in [6.07, 6.45) is 6.95. The van der Waals surface area contributed by atoms with Crippen molar-refractivity contribution in [3.8, 4) is 0 Å². The average Bonchev–Trinajstić information content (AvgIpc) is 2.69. The molecule has 1 aliphatic heterocycles. The Bertz CT molecular complexity index is 970. The van der Waals surface area contributed by atoms with Gasteiger partial charge in [0.25, 0.3) is 11.5 Å². The fourth-order valence-corrected chi connectivity index (χ4v) is 3.35. The van der Waals surface area contributed by atoms with E-state index in [-0.39, 0.29) is 23.1 Å². The predicted molar refractivity (Wildman–Crippen MR) is 92.3 cm³/mol. The van der Waals surface area contributed by atoms with Gasteiger partial charge in [-0.25, -0.2) is 5.10 Å². The van der Waals surface area contributed by atoms with Crippen LogP contribution in [0.1, 0.15) is 34.9 Å². The molecule has 1 fully saturated rings. The maximum absolute atomic E-state index is 13.0. The Hall–Kier alpha value is -3.09. The van der Waals surface area contributed by atoms with Crippen molar-refractivity contribution in [2.45, 2.75) is 18.8 Å². The smallest absolute Gasteiger partial charge is 0.274 e. The summed E-state index contributed by atoms with van der Waals surface area (Å²) in [5.41, 5.74) is 0.900. The second-order valence-corrected chi connectivity index (χ2v) is 6.17. The molecule has 1 unspecified atom stereocenters. The largest absolute Gasteiger partial charge is 0.337 e. The molecule has 1 saturated heterocycles. The summed E-state index contributed by atoms with van der Waals surface area (Å²) in [5.74, 6) is 0.00136. The van der Waals surface area contributed by atoms with Crippen molar-refractivity contribution >= 4 is 16.7 Å². The van der Waals surface area contributed by atoms with E-state index in [2.05, 4.69) is 20.2 Å². The minimum atomic E-state index is -0.289. The van der Waals surface area contributed by atoms with Crippen LogP contribution in [-0.2, 0) is 0 Å². The van der Waals surface area contributed by atoms with Crippen LogP contribution in [0.15, 0.2) is 47.7 Å². The topological polar surface area (TPSA) is 91.8 Å². The highest BCUT2D eigenvalue weighted by Gasteiger charge is 2.28. The molecule has 1 atom stereocenters. The molecule has 1 N–H and O–H groups in total. The van der Waals surface area contributed by atoms with Gasteiger partial charge in [0.1, 0.15) is 0 Å². The number of nitrogens with one attached hydrogen (secondary N) is 1. The molecule has 25 heavy (non-hydrogen) atoms. The molecule has 0 bridgehead atoms. The van der Waals surface area contributed by atoms with E-state index in [9.17, 15) is 9.59 Å². The van der Waals surface area contributed by atoms with E-state index in [0.29, 0.717) is 23.9 Å². The predicted octanol–water partition coefficient (Wildman–Crippen LogP) is 1.73. The summed E-state index contributed by atoms with van der Waals surface area (Å²) in [7, 11) is 0. The third-order valence-electron chi connectivity index (χ3n) is 4.61. The van der Waals surface area contributed by atoms with Gasteiger partial charge in [-0.1, -0.05) is 18.2 Å². The zero-order valence-electron chi connectivity index (χ0n) is 13.6. The zero-order valence-corrected chi connectivity index (χ0v) is 13.6. The highest BCUT2D eigenvalue weighted by atomic mass is 16.2. The number of piperidine rings is 1. The Morgan fingerprint density at radius 3 is 2.84 bits per heavy atom. The molecule has 3 aromatic rings. The van der Waals surface area contributed by atoms with Crippen LogP contribution in [0, 0.1) is 0 Å². The van der Waals surface area contributed by atoms with Crippen molar-refractivity contribution in [3.63, 3.8) is 0 Å². The van der Waals surface area contributed by atoms with E-state index >= 15 is 0 Å². The standard InChI is InChI=1S/C18H17N5O2/c24-17-14-6-2-1-5-13(14)16(21-22-17)18(25)23-9-3-4-12(11-23)15-10-19-7-8-20-15/h1-2,5-8,10,12H,3-4,9,11H2,(H,22,24). The van der Waals surface area contributed by atoms with Gasteiger partial charge in [-0.05, 0) is 18.9 Å². The lowest BCUT2D eigenvalue weighted by atomic mass is 9.94. The first-order chi connectivity index (χ1) is 12.2. The molecule has 4 rings (SSSR count). The fourth-order valence-electron chi connectivity index (χ4n) is 3.35. The summed E-state index contributed by atoms with van der Waals surface area (Å²) < 4.78 is 0. The number of benzene rings is 1. The summed E-state index contributed by atoms with van der Waals surface area (Å²) in [4.78, 5) is 35.2. The minimum absolute atomic E-state index is 0.166. The number of H-pyrrole nitrogens is 1. The molecule has 0 saturated carbocycles. The Balaban J connectivity index is 1.65. The van der Waals surface area contributed by atoms with Gasteiger partial charge in [-0.3, -0.25) is 19.6 Å². The first-order valence-electron chi connectivity index (χ1n) is 8.26. The quantitative estimate of drug-likeness (QED) is 0.770. The molecule has 126 valence electrons. The lowest BCUT2D eigenvalue weighted by Gasteiger charge is -2.32. The molecule has 7 nitrogen and oxygen atoms in total. The van der Waals surface area contributed by atoms with Crippen LogP contribution in [-0.4, -0.2) is 44.1 Å². The van der Waals surface area contributed by atoms with Crippen molar-refractivity contribution < 1.29 is 4.79 Å². The summed E-state index contributed by atoms with van der Waals surface area (Å²) in [5, 5.41) is 7.51. The van der Waals surface area contributed by atoms with Gasteiger partial charge >= 0.3 is 0 Å². The van der Waals surface area contributed by atoms with Crippen LogP contribution in [0.4, 0.5) is 0 Å². The number of hydrogen-bond acceptors (Lipinski definition) is 5. The van der Waals surface area contributed by atoms with Crippen molar-refractivity contribution in [2.24, 2.45) is 0 Å². The fraction of sp³-hybridized carbons (Fsp3) is 0.278. The summed E-state index contributed by atoms with van der Waals surface area (Å²) in [6.45, 7) is 1.25. The molecular formula is C18H17N5O2. The zero-order chi connectivity index (χ0) is 17.2. The van der Waals surface area contributed by atoms with E-state index < -0.39 is 0 Å². The molecule has 0 aliphatic carbocycles. The number of hydrogen-bond donors (Lipinski definition) is 1. The van der Waals surface area contributed by atoms with Gasteiger partial charge < -0.3 is 4.90 Å². The normalized spacial score (nSPS) is 17.6. The van der Waals surface area contributed by atoms with E-state index in [1.807, 2.05) is 0 Å². The first kappa shape index (κ1) is 15.4. The molecule has 1 amide bonds. The maximum atomic E-state index is 13.0. The maximum Gasteiger partial charge on any atom is 0.274 e. The number of carbonyl (C=O) groups excluding carboxylic acids is 1. The molecule has 7 heteroatoms. The number of nitrogens with zero attached hydrogens (tertiary/aromatic N) is 4. The average molecular weight is 335 g/mol. The molecule has 0 spiro atoms. The van der Waals surface area contributed by atoms with Gasteiger partial charge in [0.15, 0.2) is 5.69 Å². The molecule has 1 aliphatic rings. The Labute approximate surface area is 143 Å². The number of aromatic nitrogens is 4. The van der Waals surface area contributed by atoms with Crippen LogP contribution in [0.5, 0.6) is 0 Å². The van der Waals surface area contributed by atoms with Crippen molar-refractivity contribution in [3.05, 3.63) is 64.6 Å². The second-order valence-electron chi connectivity index (χ2n) is 6.17. The highest BCUT2D eigenvalue weighted by Crippen LogP contribution is 2.26. The molecule has 3 heterocycles. The van der Waals surface area contributed by atoms with E-state index in [0.717, 1.165) is 18.5 Å². The van der Waals surface area contributed by atoms with Crippen molar-refractivity contribution in [1.82, 2.24) is 25.1 Å². The Morgan fingerprint density at radius 1 is 1.20 bits per heavy atom. The Morgan fingerprint density at radius 2 is 2.04 bits per heavy atom. The number of carbonyl (C=O) groups is 1. The van der Waals surface area contributed by atoms with Gasteiger partial charge in [-0.2, -0.15) is 5.10 Å². The number of aromatic amines is 1. The Kier molecular flexibility index (Phi) is 3.97. The number of likely N-dealkylation sites (tertiary alicyclic amines) is 1. The lowest BCUT2D eigenvalue weighted by Crippen LogP contribution is -2.40. The van der Waals surface area contributed by atoms with Crippen LogP contribution in [0.3, 0.4) is 0 Å². The first-order valence-corrected chi connectivity index (χ1v) is 8.26. The summed E-state index contributed by atoms with van der Waals surface area (Å²) in [6, 6.07) is 7.04. The van der Waals surface area contributed by atoms with E-state index in [1.54, 1.807) is 47.8 Å². The molecular weight excluding hydrogens is 318 g/mol. The highest BCUT2D eigenvalue weighted by molar-refractivity contribution is 6.04. The molecule has 0 radical (unpaired) electrons. The third-order valence-corrected chi connectivity index (χ3v) is 4.61. The summed E-state index contributed by atoms with van der Waals surface area (Å²) >= 11 is 0. The van der Waals surface area contributed by atoms with Crippen molar-refractivity contribution in [1.29, 1.82) is 0 Å². The van der Waals surface area contributed by atoms with Crippen LogP contribution < -0.4 is 5.56 Å². The third kappa shape index (κ3) is 2.88. The van der Waals surface area contributed by atoms with Crippen LogP contribution in [0.25, 0.3) is 10.8 Å². The van der Waals surface area contributed by atoms with Crippen molar-refractivity contribution in [2.75, 3.05) is 13.1 Å². The lowest BCUT2D eigenvalue weighted by molar-refractivity contribution is 0.0701.